The van der Waals surface area contributed by atoms with Crippen molar-refractivity contribution >= 4 is 17.0 Å². The Morgan fingerprint density at radius 1 is 1.27 bits per heavy atom. The van der Waals surface area contributed by atoms with Gasteiger partial charge in [-0.15, -0.1) is 0 Å². The average molecular weight is 352 g/mol. The lowest BCUT2D eigenvalue weighted by molar-refractivity contribution is -0.0402. The summed E-state index contributed by atoms with van der Waals surface area (Å²) in [4.78, 5) is 18.3. The van der Waals surface area contributed by atoms with E-state index < -0.39 is 0 Å². The van der Waals surface area contributed by atoms with Gasteiger partial charge < -0.3 is 15.0 Å². The maximum absolute atomic E-state index is 6.09. The number of morpholine rings is 1. The summed E-state index contributed by atoms with van der Waals surface area (Å²) < 4.78 is 6.09. The summed E-state index contributed by atoms with van der Waals surface area (Å²) in [5.74, 6) is 0.781. The predicted octanol–water partition coefficient (Wildman–Crippen LogP) is 2.44. The standard InChI is InChI=1S/C19H24N6O/c1-2-15(24-19-17-18(21-12-20-17)22-13-23-19)16-11-25(8-9-26-16)10-14-6-4-3-5-7-14/h3-7,12-13,15-16H,2,8-11H2,1H3,(H2,20,21,22,23,24). The van der Waals surface area contributed by atoms with Gasteiger partial charge >= 0.3 is 0 Å². The minimum atomic E-state index is 0.116. The Morgan fingerprint density at radius 3 is 3.00 bits per heavy atom. The number of hydrogen-bond donors (Lipinski definition) is 2. The first-order chi connectivity index (χ1) is 12.8. The summed E-state index contributed by atoms with van der Waals surface area (Å²) in [5.41, 5.74) is 2.85. The van der Waals surface area contributed by atoms with Gasteiger partial charge in [0.15, 0.2) is 11.5 Å². The molecule has 2 atom stereocenters. The van der Waals surface area contributed by atoms with Gasteiger partial charge in [0.25, 0.3) is 0 Å². The number of imidazole rings is 1. The van der Waals surface area contributed by atoms with Crippen LogP contribution in [0.4, 0.5) is 5.82 Å². The second kappa shape index (κ2) is 7.80. The van der Waals surface area contributed by atoms with Gasteiger partial charge in [0.1, 0.15) is 11.8 Å². The van der Waals surface area contributed by atoms with E-state index in [0.717, 1.165) is 44.0 Å². The number of aromatic amines is 1. The van der Waals surface area contributed by atoms with E-state index in [4.69, 9.17) is 4.74 Å². The largest absolute Gasteiger partial charge is 0.373 e. The molecule has 3 aromatic rings. The molecule has 4 rings (SSSR count). The van der Waals surface area contributed by atoms with Crippen molar-refractivity contribution in [1.82, 2.24) is 24.8 Å². The zero-order valence-corrected chi connectivity index (χ0v) is 14.9. The van der Waals surface area contributed by atoms with E-state index in [1.807, 2.05) is 0 Å². The fraction of sp³-hybridized carbons (Fsp3) is 0.421. The van der Waals surface area contributed by atoms with Crippen molar-refractivity contribution < 1.29 is 4.74 Å². The number of ether oxygens (including phenoxy) is 1. The summed E-state index contributed by atoms with van der Waals surface area (Å²) in [6, 6.07) is 10.8. The predicted molar refractivity (Wildman–Crippen MR) is 101 cm³/mol. The van der Waals surface area contributed by atoms with Crippen LogP contribution in [0, 0.1) is 0 Å². The molecule has 1 aliphatic heterocycles. The Labute approximate surface area is 152 Å². The number of hydrogen-bond acceptors (Lipinski definition) is 6. The smallest absolute Gasteiger partial charge is 0.182 e. The topological polar surface area (TPSA) is 79.0 Å². The van der Waals surface area contributed by atoms with Gasteiger partial charge in [-0.3, -0.25) is 4.90 Å². The van der Waals surface area contributed by atoms with Crippen LogP contribution < -0.4 is 5.32 Å². The van der Waals surface area contributed by atoms with E-state index in [1.54, 1.807) is 12.7 Å². The highest BCUT2D eigenvalue weighted by Gasteiger charge is 2.28. The van der Waals surface area contributed by atoms with Crippen LogP contribution in [0.15, 0.2) is 43.0 Å². The SMILES string of the molecule is CCC(Nc1ncnc2nc[nH]c12)C1CN(Cc2ccccc2)CCO1. The molecular formula is C19H24N6O. The van der Waals surface area contributed by atoms with Crippen LogP contribution >= 0.6 is 0 Å². The monoisotopic (exact) mass is 352 g/mol. The number of aromatic nitrogens is 4. The summed E-state index contributed by atoms with van der Waals surface area (Å²) >= 11 is 0. The molecule has 0 spiro atoms. The number of nitrogens with one attached hydrogen (secondary N) is 2. The summed E-state index contributed by atoms with van der Waals surface area (Å²) in [6.07, 6.45) is 4.25. The lowest BCUT2D eigenvalue weighted by Gasteiger charge is -2.37. The second-order valence-electron chi connectivity index (χ2n) is 6.61. The Kier molecular flexibility index (Phi) is 5.08. The minimum Gasteiger partial charge on any atom is -0.373 e. The average Bonchev–Trinajstić information content (AvgIpc) is 3.17. The zero-order valence-electron chi connectivity index (χ0n) is 14.9. The number of fused-ring (bicyclic) bond motifs is 1. The van der Waals surface area contributed by atoms with Crippen molar-refractivity contribution in [2.45, 2.75) is 32.0 Å². The van der Waals surface area contributed by atoms with Crippen molar-refractivity contribution in [1.29, 1.82) is 0 Å². The van der Waals surface area contributed by atoms with Gasteiger partial charge in [0.2, 0.25) is 0 Å². The quantitative estimate of drug-likeness (QED) is 0.709. The molecule has 1 aromatic carbocycles. The van der Waals surface area contributed by atoms with Gasteiger partial charge in [-0.2, -0.15) is 0 Å². The summed E-state index contributed by atoms with van der Waals surface area (Å²) in [5, 5.41) is 3.54. The third-order valence-electron chi connectivity index (χ3n) is 4.86. The molecule has 0 aliphatic carbocycles. The molecule has 7 nitrogen and oxygen atoms in total. The van der Waals surface area contributed by atoms with Crippen LogP contribution in [-0.4, -0.2) is 56.7 Å². The summed E-state index contributed by atoms with van der Waals surface area (Å²) in [6.45, 7) is 5.73. The van der Waals surface area contributed by atoms with E-state index >= 15 is 0 Å². The molecule has 2 aromatic heterocycles. The third-order valence-corrected chi connectivity index (χ3v) is 4.86. The molecule has 26 heavy (non-hydrogen) atoms. The Bertz CT molecular complexity index is 836. The number of nitrogens with zero attached hydrogens (tertiary/aromatic N) is 4. The van der Waals surface area contributed by atoms with E-state index in [1.165, 1.54) is 5.56 Å². The van der Waals surface area contributed by atoms with Gasteiger partial charge in [0, 0.05) is 19.6 Å². The van der Waals surface area contributed by atoms with Crippen LogP contribution in [0.25, 0.3) is 11.2 Å². The first kappa shape index (κ1) is 16.9. The lowest BCUT2D eigenvalue weighted by Crippen LogP contribution is -2.49. The Hall–Kier alpha value is -2.51. The molecule has 2 unspecified atom stereocenters. The van der Waals surface area contributed by atoms with Gasteiger partial charge in [0.05, 0.1) is 25.1 Å². The molecule has 7 heteroatoms. The van der Waals surface area contributed by atoms with E-state index in [2.05, 4.69) is 67.4 Å². The van der Waals surface area contributed by atoms with E-state index in [0.29, 0.717) is 5.65 Å². The molecule has 1 fully saturated rings. The molecule has 0 saturated carbocycles. The van der Waals surface area contributed by atoms with Crippen LogP contribution in [0.5, 0.6) is 0 Å². The highest BCUT2D eigenvalue weighted by molar-refractivity contribution is 5.82. The first-order valence-electron chi connectivity index (χ1n) is 9.12. The normalized spacial score (nSPS) is 19.5. The van der Waals surface area contributed by atoms with Crippen LogP contribution in [0.3, 0.4) is 0 Å². The van der Waals surface area contributed by atoms with Gasteiger partial charge in [-0.05, 0) is 12.0 Å². The van der Waals surface area contributed by atoms with Crippen LogP contribution in [-0.2, 0) is 11.3 Å². The van der Waals surface area contributed by atoms with Crippen LogP contribution in [0.1, 0.15) is 18.9 Å². The minimum absolute atomic E-state index is 0.116. The second-order valence-corrected chi connectivity index (χ2v) is 6.61. The summed E-state index contributed by atoms with van der Waals surface area (Å²) in [7, 11) is 0. The van der Waals surface area contributed by atoms with Gasteiger partial charge in [-0.1, -0.05) is 37.3 Å². The molecule has 1 aliphatic rings. The molecule has 0 bridgehead atoms. The molecule has 1 saturated heterocycles. The van der Waals surface area contributed by atoms with Crippen molar-refractivity contribution in [2.75, 3.05) is 25.0 Å². The highest BCUT2D eigenvalue weighted by Crippen LogP contribution is 2.20. The number of anilines is 1. The van der Waals surface area contributed by atoms with Crippen molar-refractivity contribution in [2.24, 2.45) is 0 Å². The number of H-pyrrole nitrogens is 1. The molecular weight excluding hydrogens is 328 g/mol. The Balaban J connectivity index is 1.45. The lowest BCUT2D eigenvalue weighted by atomic mass is 10.1. The highest BCUT2D eigenvalue weighted by atomic mass is 16.5. The molecule has 0 radical (unpaired) electrons. The molecule has 3 heterocycles. The Morgan fingerprint density at radius 2 is 2.15 bits per heavy atom. The fourth-order valence-corrected chi connectivity index (χ4v) is 3.47. The van der Waals surface area contributed by atoms with E-state index in [-0.39, 0.29) is 12.1 Å². The van der Waals surface area contributed by atoms with E-state index in [9.17, 15) is 0 Å². The zero-order chi connectivity index (χ0) is 17.8. The maximum Gasteiger partial charge on any atom is 0.182 e. The number of rotatable bonds is 6. The first-order valence-corrected chi connectivity index (χ1v) is 9.12. The third kappa shape index (κ3) is 3.68. The van der Waals surface area contributed by atoms with Crippen molar-refractivity contribution in [3.63, 3.8) is 0 Å². The number of benzene rings is 1. The van der Waals surface area contributed by atoms with Gasteiger partial charge in [-0.25, -0.2) is 15.0 Å². The van der Waals surface area contributed by atoms with Crippen molar-refractivity contribution in [3.8, 4) is 0 Å². The molecule has 0 amide bonds. The maximum atomic E-state index is 6.09. The van der Waals surface area contributed by atoms with Crippen molar-refractivity contribution in [3.05, 3.63) is 48.5 Å². The molecule has 136 valence electrons. The molecule has 2 N–H and O–H groups in total. The fourth-order valence-electron chi connectivity index (χ4n) is 3.47. The van der Waals surface area contributed by atoms with Crippen LogP contribution in [0.2, 0.25) is 0 Å².